The molecule has 0 unspecified atom stereocenters. The van der Waals surface area contributed by atoms with Gasteiger partial charge in [-0.05, 0) is 31.9 Å². The first-order valence-corrected chi connectivity index (χ1v) is 9.35. The molecule has 0 aliphatic heterocycles. The molecule has 0 saturated carbocycles. The number of aromatic nitrogens is 2. The molecular weight excluding hydrogens is 310 g/mol. The fraction of sp³-hybridized carbons (Fsp3) is 0.471. The Morgan fingerprint density at radius 1 is 1.09 bits per heavy atom. The molecule has 23 heavy (non-hydrogen) atoms. The van der Waals surface area contributed by atoms with Gasteiger partial charge in [-0.3, -0.25) is 4.68 Å². The molecule has 1 aromatic carbocycles. The normalized spacial score (nSPS) is 12.1. The highest BCUT2D eigenvalue weighted by Crippen LogP contribution is 2.24. The van der Waals surface area contributed by atoms with Crippen molar-refractivity contribution in [2.24, 2.45) is 0 Å². The Bertz CT molecular complexity index is 790. The fourth-order valence-electron chi connectivity index (χ4n) is 2.85. The third kappa shape index (κ3) is 3.33. The van der Waals surface area contributed by atoms with Gasteiger partial charge in [-0.2, -0.15) is 9.40 Å². The summed E-state index contributed by atoms with van der Waals surface area (Å²) < 4.78 is 28.9. The first-order chi connectivity index (χ1) is 10.8. The second-order valence-corrected chi connectivity index (χ2v) is 7.55. The summed E-state index contributed by atoms with van der Waals surface area (Å²) in [5.74, 6) is 0. The summed E-state index contributed by atoms with van der Waals surface area (Å²) in [7, 11) is -3.49. The number of rotatable bonds is 6. The van der Waals surface area contributed by atoms with Gasteiger partial charge in [0.1, 0.15) is 4.90 Å². The minimum absolute atomic E-state index is 0.342. The van der Waals surface area contributed by atoms with Gasteiger partial charge in [0.15, 0.2) is 0 Å². The number of hydrogen-bond acceptors (Lipinski definition) is 3. The summed E-state index contributed by atoms with van der Waals surface area (Å²) in [6, 6.07) is 8.08. The van der Waals surface area contributed by atoms with E-state index < -0.39 is 10.0 Å². The lowest BCUT2D eigenvalue weighted by atomic mass is 10.1. The molecule has 0 spiro atoms. The van der Waals surface area contributed by atoms with Crippen LogP contribution in [0, 0.1) is 20.8 Å². The molecule has 0 aliphatic rings. The number of nitrogens with zero attached hydrogens (tertiary/aromatic N) is 3. The zero-order valence-electron chi connectivity index (χ0n) is 14.5. The molecule has 0 amide bonds. The Morgan fingerprint density at radius 3 is 2.26 bits per heavy atom. The lowest BCUT2D eigenvalue weighted by Crippen LogP contribution is -2.31. The standard InChI is InChI=1S/C17H25N3O2S/c1-6-19(7-2)23(21,22)17-14(4)18-20(15(17)5)12-16-11-9-8-10-13(16)3/h8-11H,6-7,12H2,1-5H3. The summed E-state index contributed by atoms with van der Waals surface area (Å²) in [4.78, 5) is 0.342. The van der Waals surface area contributed by atoms with Gasteiger partial charge in [0.2, 0.25) is 10.0 Å². The molecule has 0 fully saturated rings. The quantitative estimate of drug-likeness (QED) is 0.815. The summed E-state index contributed by atoms with van der Waals surface area (Å²) >= 11 is 0. The smallest absolute Gasteiger partial charge is 0.246 e. The molecule has 6 heteroatoms. The molecule has 0 radical (unpaired) electrons. The molecule has 0 bridgehead atoms. The zero-order chi connectivity index (χ0) is 17.2. The molecule has 1 heterocycles. The molecule has 0 saturated heterocycles. The lowest BCUT2D eigenvalue weighted by Gasteiger charge is -2.18. The van der Waals surface area contributed by atoms with Gasteiger partial charge < -0.3 is 0 Å². The summed E-state index contributed by atoms with van der Waals surface area (Å²) in [6.07, 6.45) is 0. The molecule has 2 rings (SSSR count). The minimum Gasteiger partial charge on any atom is -0.264 e. The van der Waals surface area contributed by atoms with E-state index in [4.69, 9.17) is 0 Å². The summed E-state index contributed by atoms with van der Waals surface area (Å²) in [5, 5.41) is 4.47. The predicted octanol–water partition coefficient (Wildman–Crippen LogP) is 2.89. The van der Waals surface area contributed by atoms with Crippen molar-refractivity contribution in [2.45, 2.75) is 46.1 Å². The van der Waals surface area contributed by atoms with Gasteiger partial charge in [0, 0.05) is 13.1 Å². The van der Waals surface area contributed by atoms with Crippen molar-refractivity contribution in [3.63, 3.8) is 0 Å². The molecule has 5 nitrogen and oxygen atoms in total. The van der Waals surface area contributed by atoms with Crippen LogP contribution in [0.1, 0.15) is 36.4 Å². The average Bonchev–Trinajstić information content (AvgIpc) is 2.77. The maximum Gasteiger partial charge on any atom is 0.246 e. The number of aryl methyl sites for hydroxylation is 2. The molecule has 2 aromatic rings. The van der Waals surface area contributed by atoms with E-state index in [-0.39, 0.29) is 0 Å². The molecule has 126 valence electrons. The third-order valence-electron chi connectivity index (χ3n) is 4.20. The van der Waals surface area contributed by atoms with E-state index in [1.165, 1.54) is 9.87 Å². The van der Waals surface area contributed by atoms with Crippen LogP contribution in [0.4, 0.5) is 0 Å². The van der Waals surface area contributed by atoms with E-state index in [1.807, 2.05) is 39.0 Å². The maximum atomic E-state index is 12.8. The van der Waals surface area contributed by atoms with Gasteiger partial charge in [0.25, 0.3) is 0 Å². The fourth-order valence-corrected chi connectivity index (χ4v) is 4.68. The second kappa shape index (κ2) is 6.84. The topological polar surface area (TPSA) is 55.2 Å². The highest BCUT2D eigenvalue weighted by Gasteiger charge is 2.29. The van der Waals surface area contributed by atoms with E-state index in [0.717, 1.165) is 5.56 Å². The minimum atomic E-state index is -3.49. The first-order valence-electron chi connectivity index (χ1n) is 7.91. The van der Waals surface area contributed by atoms with Crippen molar-refractivity contribution in [3.05, 3.63) is 46.8 Å². The second-order valence-electron chi connectivity index (χ2n) is 5.67. The lowest BCUT2D eigenvalue weighted by molar-refractivity contribution is 0.444. The number of hydrogen-bond donors (Lipinski definition) is 0. The van der Waals surface area contributed by atoms with Gasteiger partial charge in [-0.25, -0.2) is 8.42 Å². The van der Waals surface area contributed by atoms with Gasteiger partial charge >= 0.3 is 0 Å². The van der Waals surface area contributed by atoms with Crippen LogP contribution < -0.4 is 0 Å². The summed E-state index contributed by atoms with van der Waals surface area (Å²) in [6.45, 7) is 10.8. The van der Waals surface area contributed by atoms with E-state index >= 15 is 0 Å². The third-order valence-corrected chi connectivity index (χ3v) is 6.50. The van der Waals surface area contributed by atoms with E-state index in [0.29, 0.717) is 35.9 Å². The monoisotopic (exact) mass is 335 g/mol. The average molecular weight is 335 g/mol. The molecular formula is C17H25N3O2S. The van der Waals surface area contributed by atoms with Crippen LogP contribution in [0.2, 0.25) is 0 Å². The van der Waals surface area contributed by atoms with Crippen molar-refractivity contribution in [1.82, 2.24) is 14.1 Å². The van der Waals surface area contributed by atoms with E-state index in [9.17, 15) is 8.42 Å². The Balaban J connectivity index is 2.47. The highest BCUT2D eigenvalue weighted by molar-refractivity contribution is 7.89. The molecule has 0 atom stereocenters. The van der Waals surface area contributed by atoms with Crippen molar-refractivity contribution in [3.8, 4) is 0 Å². The van der Waals surface area contributed by atoms with Crippen molar-refractivity contribution in [2.75, 3.05) is 13.1 Å². The van der Waals surface area contributed by atoms with Gasteiger partial charge in [-0.1, -0.05) is 38.1 Å². The Kier molecular flexibility index (Phi) is 5.26. The maximum absolute atomic E-state index is 12.8. The Labute approximate surface area is 139 Å². The predicted molar refractivity (Wildman–Crippen MR) is 92.1 cm³/mol. The first kappa shape index (κ1) is 17.7. The zero-order valence-corrected chi connectivity index (χ0v) is 15.3. The SMILES string of the molecule is CCN(CC)S(=O)(=O)c1c(C)nn(Cc2ccccc2C)c1C. The number of benzene rings is 1. The van der Waals surface area contributed by atoms with Crippen LogP contribution in [0.15, 0.2) is 29.2 Å². The molecule has 1 aromatic heterocycles. The van der Waals surface area contributed by atoms with Crippen LogP contribution in [-0.2, 0) is 16.6 Å². The van der Waals surface area contributed by atoms with Gasteiger partial charge in [-0.15, -0.1) is 0 Å². The van der Waals surface area contributed by atoms with Crippen LogP contribution in [0.3, 0.4) is 0 Å². The summed E-state index contributed by atoms with van der Waals surface area (Å²) in [5.41, 5.74) is 3.57. The van der Waals surface area contributed by atoms with E-state index in [1.54, 1.807) is 11.6 Å². The van der Waals surface area contributed by atoms with Crippen molar-refractivity contribution >= 4 is 10.0 Å². The van der Waals surface area contributed by atoms with Crippen LogP contribution in [0.5, 0.6) is 0 Å². The Hall–Kier alpha value is -1.66. The molecule has 0 aliphatic carbocycles. The van der Waals surface area contributed by atoms with Crippen LogP contribution in [0.25, 0.3) is 0 Å². The van der Waals surface area contributed by atoms with Gasteiger partial charge in [0.05, 0.1) is 17.9 Å². The van der Waals surface area contributed by atoms with Crippen LogP contribution >= 0.6 is 0 Å². The van der Waals surface area contributed by atoms with Crippen LogP contribution in [-0.4, -0.2) is 35.6 Å². The van der Waals surface area contributed by atoms with Crippen molar-refractivity contribution < 1.29 is 8.42 Å². The largest absolute Gasteiger partial charge is 0.264 e. The molecule has 0 N–H and O–H groups in total. The number of sulfonamides is 1. The van der Waals surface area contributed by atoms with E-state index in [2.05, 4.69) is 18.1 Å². The highest BCUT2D eigenvalue weighted by atomic mass is 32.2. The Morgan fingerprint density at radius 2 is 1.70 bits per heavy atom. The van der Waals surface area contributed by atoms with Crippen molar-refractivity contribution in [1.29, 1.82) is 0 Å².